The van der Waals surface area contributed by atoms with Crippen molar-refractivity contribution in [2.75, 3.05) is 0 Å². The van der Waals surface area contributed by atoms with Gasteiger partial charge in [-0.3, -0.25) is 9.59 Å². The van der Waals surface area contributed by atoms with Gasteiger partial charge in [0.15, 0.2) is 5.78 Å². The molecule has 8 nitrogen and oxygen atoms in total. The molecule has 140 valence electrons. The van der Waals surface area contributed by atoms with Gasteiger partial charge in [0.2, 0.25) is 5.82 Å². The number of nitro groups is 1. The van der Waals surface area contributed by atoms with Gasteiger partial charge in [0.05, 0.1) is 6.54 Å². The second-order valence-corrected chi connectivity index (χ2v) is 6.32. The molecule has 0 bridgehead atoms. The number of ether oxygens (including phenoxy) is 1. The molecule has 2 aromatic rings. The highest BCUT2D eigenvalue weighted by Crippen LogP contribution is 2.31. The molecule has 3 rings (SSSR count). The van der Waals surface area contributed by atoms with Gasteiger partial charge in [0, 0.05) is 30.6 Å². The second kappa shape index (κ2) is 7.53. The number of allylic oxidation sites excluding steroid dienone is 1. The third kappa shape index (κ3) is 3.79. The van der Waals surface area contributed by atoms with E-state index in [2.05, 4.69) is 4.98 Å². The summed E-state index contributed by atoms with van der Waals surface area (Å²) < 4.78 is 6.59. The van der Waals surface area contributed by atoms with Crippen LogP contribution in [0.25, 0.3) is 6.08 Å². The fraction of sp³-hybridized carbons (Fsp3) is 0.316. The van der Waals surface area contributed by atoms with Crippen molar-refractivity contribution >= 4 is 23.6 Å². The molecule has 1 aromatic heterocycles. The van der Waals surface area contributed by atoms with Crippen molar-refractivity contribution in [3.8, 4) is 5.75 Å². The normalized spacial score (nSPS) is 14.4. The zero-order valence-corrected chi connectivity index (χ0v) is 15.1. The Morgan fingerprint density at radius 1 is 1.44 bits per heavy atom. The third-order valence-corrected chi connectivity index (χ3v) is 4.35. The van der Waals surface area contributed by atoms with E-state index in [1.165, 1.54) is 17.7 Å². The van der Waals surface area contributed by atoms with Gasteiger partial charge in [-0.25, -0.2) is 9.55 Å². The summed E-state index contributed by atoms with van der Waals surface area (Å²) in [6, 6.07) is 4.87. The summed E-state index contributed by atoms with van der Waals surface area (Å²) in [5, 5.41) is 11.2. The number of unbranched alkanes of at least 4 members (excludes halogenated alkanes) is 1. The highest BCUT2D eigenvalue weighted by Gasteiger charge is 2.27. The number of esters is 1. The van der Waals surface area contributed by atoms with Crippen LogP contribution < -0.4 is 4.74 Å². The van der Waals surface area contributed by atoms with E-state index in [4.69, 9.17) is 4.74 Å². The number of nitrogens with zero attached hydrogens (tertiary/aromatic N) is 3. The van der Waals surface area contributed by atoms with Crippen molar-refractivity contribution in [3.63, 3.8) is 0 Å². The van der Waals surface area contributed by atoms with Crippen LogP contribution in [0.2, 0.25) is 0 Å². The fourth-order valence-corrected chi connectivity index (χ4v) is 3.08. The van der Waals surface area contributed by atoms with Crippen LogP contribution in [0.15, 0.2) is 30.0 Å². The van der Waals surface area contributed by atoms with E-state index in [-0.39, 0.29) is 11.6 Å². The van der Waals surface area contributed by atoms with Crippen molar-refractivity contribution in [3.05, 3.63) is 57.0 Å². The van der Waals surface area contributed by atoms with Gasteiger partial charge >= 0.3 is 11.8 Å². The van der Waals surface area contributed by atoms with Crippen molar-refractivity contribution in [2.45, 2.75) is 39.7 Å². The van der Waals surface area contributed by atoms with Crippen LogP contribution in [-0.2, 0) is 17.8 Å². The van der Waals surface area contributed by atoms with Crippen molar-refractivity contribution in [2.24, 2.45) is 0 Å². The van der Waals surface area contributed by atoms with Gasteiger partial charge in [0.25, 0.3) is 0 Å². The second-order valence-electron chi connectivity index (χ2n) is 6.32. The summed E-state index contributed by atoms with van der Waals surface area (Å²) >= 11 is 0. The minimum Gasteiger partial charge on any atom is -0.427 e. The van der Waals surface area contributed by atoms with Crippen molar-refractivity contribution in [1.82, 2.24) is 9.55 Å². The Bertz CT molecular complexity index is 958. The number of Topliss-reactive ketones (excluding diaryl/α,β-unsaturated/α-hetero) is 1. The molecule has 0 N–H and O–H groups in total. The molecule has 0 radical (unpaired) electrons. The van der Waals surface area contributed by atoms with Gasteiger partial charge in [-0.05, 0) is 35.1 Å². The van der Waals surface area contributed by atoms with Crippen LogP contribution in [0, 0.1) is 10.1 Å². The first-order chi connectivity index (χ1) is 12.9. The molecule has 8 heteroatoms. The summed E-state index contributed by atoms with van der Waals surface area (Å²) in [6.45, 7) is 3.77. The third-order valence-electron chi connectivity index (χ3n) is 4.35. The Morgan fingerprint density at radius 2 is 2.22 bits per heavy atom. The molecule has 0 saturated heterocycles. The van der Waals surface area contributed by atoms with Crippen LogP contribution in [0.1, 0.15) is 48.4 Å². The van der Waals surface area contributed by atoms with E-state index >= 15 is 0 Å². The Morgan fingerprint density at radius 3 is 2.89 bits per heavy atom. The smallest absolute Gasteiger partial charge is 0.343 e. The molecule has 0 saturated carbocycles. The molecule has 1 aliphatic rings. The predicted molar refractivity (Wildman–Crippen MR) is 97.6 cm³/mol. The van der Waals surface area contributed by atoms with E-state index in [1.807, 2.05) is 6.92 Å². The molecular formula is C19H19N3O5. The first-order valence-electron chi connectivity index (χ1n) is 8.67. The lowest BCUT2D eigenvalue weighted by Gasteiger charge is -2.02. The average Bonchev–Trinajstić information content (AvgIpc) is 3.14. The van der Waals surface area contributed by atoms with Gasteiger partial charge < -0.3 is 14.9 Å². The van der Waals surface area contributed by atoms with Gasteiger partial charge in [0.1, 0.15) is 11.9 Å². The number of fused-ring (bicyclic) bond motifs is 1. The van der Waals surface area contributed by atoms with Crippen LogP contribution in [0.5, 0.6) is 5.75 Å². The first-order valence-corrected chi connectivity index (χ1v) is 8.67. The molecule has 1 heterocycles. The molecular weight excluding hydrogens is 350 g/mol. The standard InChI is InChI=1S/C19H19N3O5/c1-3-4-7-21-17(20-11-18(21)22(25)26)10-14-8-13-9-15(27-12(2)23)5-6-16(13)19(14)24/h5-6,9-11H,3-4,7-8H2,1-2H3. The molecule has 0 aliphatic heterocycles. The molecule has 0 amide bonds. The minimum absolute atomic E-state index is 0.0876. The lowest BCUT2D eigenvalue weighted by molar-refractivity contribution is -0.392. The Kier molecular flexibility index (Phi) is 5.16. The Balaban J connectivity index is 1.93. The summed E-state index contributed by atoms with van der Waals surface area (Å²) in [5.41, 5.74) is 1.80. The fourth-order valence-electron chi connectivity index (χ4n) is 3.08. The molecule has 0 spiro atoms. The minimum atomic E-state index is -0.471. The summed E-state index contributed by atoms with van der Waals surface area (Å²) in [5.74, 6) is 0.115. The lowest BCUT2D eigenvalue weighted by Crippen LogP contribution is -2.06. The van der Waals surface area contributed by atoms with Crippen LogP contribution in [0.3, 0.4) is 0 Å². The highest BCUT2D eigenvalue weighted by molar-refractivity contribution is 6.15. The SMILES string of the molecule is CCCCn1c([N+](=O)[O-])cnc1C=C1Cc2cc(OC(C)=O)ccc2C1=O. The maximum absolute atomic E-state index is 12.7. The maximum Gasteiger partial charge on any atom is 0.343 e. The van der Waals surface area contributed by atoms with Crippen molar-refractivity contribution < 1.29 is 19.2 Å². The molecule has 1 aromatic carbocycles. The number of imidazole rings is 1. The molecule has 27 heavy (non-hydrogen) atoms. The lowest BCUT2D eigenvalue weighted by atomic mass is 10.1. The molecule has 0 atom stereocenters. The zero-order chi connectivity index (χ0) is 19.6. The number of carbonyl (C=O) groups excluding carboxylic acids is 2. The topological polar surface area (TPSA) is 104 Å². The van der Waals surface area contributed by atoms with Crippen LogP contribution in [-0.4, -0.2) is 26.2 Å². The monoisotopic (exact) mass is 369 g/mol. The molecule has 1 aliphatic carbocycles. The van der Waals surface area contributed by atoms with E-state index < -0.39 is 10.9 Å². The van der Waals surface area contributed by atoms with E-state index in [1.54, 1.807) is 24.3 Å². The van der Waals surface area contributed by atoms with Gasteiger partial charge in [-0.2, -0.15) is 0 Å². The number of hydrogen-bond acceptors (Lipinski definition) is 6. The quantitative estimate of drug-likeness (QED) is 0.254. The molecule has 0 fully saturated rings. The van der Waals surface area contributed by atoms with Crippen LogP contribution in [0.4, 0.5) is 5.82 Å². The average molecular weight is 369 g/mol. The van der Waals surface area contributed by atoms with E-state index in [0.717, 1.165) is 18.4 Å². The number of carbonyl (C=O) groups is 2. The zero-order valence-electron chi connectivity index (χ0n) is 15.1. The number of ketones is 1. The first kappa shape index (κ1) is 18.5. The summed E-state index contributed by atoms with van der Waals surface area (Å²) in [4.78, 5) is 38.6. The Hall–Kier alpha value is -3.29. The highest BCUT2D eigenvalue weighted by atomic mass is 16.6. The van der Waals surface area contributed by atoms with Crippen molar-refractivity contribution in [1.29, 1.82) is 0 Å². The number of hydrogen-bond donors (Lipinski definition) is 0. The number of aromatic nitrogens is 2. The summed E-state index contributed by atoms with van der Waals surface area (Å²) in [7, 11) is 0. The predicted octanol–water partition coefficient (Wildman–Crippen LogP) is 3.34. The van der Waals surface area contributed by atoms with Gasteiger partial charge in [-0.1, -0.05) is 13.3 Å². The summed E-state index contributed by atoms with van der Waals surface area (Å²) in [6.07, 6.45) is 4.84. The van der Waals surface area contributed by atoms with Gasteiger partial charge in [-0.15, -0.1) is 0 Å². The van der Waals surface area contributed by atoms with Crippen LogP contribution >= 0.6 is 0 Å². The van der Waals surface area contributed by atoms with E-state index in [9.17, 15) is 19.7 Å². The molecule has 0 unspecified atom stereocenters. The van der Waals surface area contributed by atoms with E-state index in [0.29, 0.717) is 35.7 Å². The maximum atomic E-state index is 12.7. The Labute approximate surface area is 155 Å². The largest absolute Gasteiger partial charge is 0.427 e. The number of benzene rings is 1. The number of rotatable bonds is 6.